The number of anilines is 2. The minimum Gasteiger partial charge on any atom is -0.396 e. The number of piperidine rings is 1. The highest BCUT2D eigenvalue weighted by atomic mass is 16.2. The van der Waals surface area contributed by atoms with Crippen LogP contribution in [-0.2, 0) is 0 Å². The number of piperazine rings is 1. The van der Waals surface area contributed by atoms with E-state index in [2.05, 4.69) is 9.88 Å². The molecule has 114 valence electrons. The standard InChI is InChI=1S/C15H23N5O/c16-13-5-4-6-17-14(13)18-9-11-20(12-10-18)15(21)19-7-2-1-3-8-19/h4-6H,1-3,7-12,16H2. The largest absolute Gasteiger partial charge is 0.396 e. The summed E-state index contributed by atoms with van der Waals surface area (Å²) in [5.41, 5.74) is 6.67. The summed E-state index contributed by atoms with van der Waals surface area (Å²) < 4.78 is 0. The van der Waals surface area contributed by atoms with Crippen molar-refractivity contribution < 1.29 is 4.79 Å². The zero-order valence-corrected chi connectivity index (χ0v) is 12.4. The highest BCUT2D eigenvalue weighted by Crippen LogP contribution is 2.21. The molecule has 1 aromatic heterocycles. The van der Waals surface area contributed by atoms with E-state index in [1.54, 1.807) is 6.20 Å². The van der Waals surface area contributed by atoms with Gasteiger partial charge < -0.3 is 20.4 Å². The minimum absolute atomic E-state index is 0.198. The smallest absolute Gasteiger partial charge is 0.320 e. The van der Waals surface area contributed by atoms with Gasteiger partial charge in [0.05, 0.1) is 5.69 Å². The van der Waals surface area contributed by atoms with Crippen molar-refractivity contribution in [2.45, 2.75) is 19.3 Å². The van der Waals surface area contributed by atoms with Gasteiger partial charge in [-0.2, -0.15) is 0 Å². The van der Waals surface area contributed by atoms with Crippen molar-refractivity contribution in [3.8, 4) is 0 Å². The molecule has 2 N–H and O–H groups in total. The third-order valence-corrected chi connectivity index (χ3v) is 4.29. The first kappa shape index (κ1) is 14.0. The van der Waals surface area contributed by atoms with Crippen LogP contribution in [0.3, 0.4) is 0 Å². The molecule has 0 aromatic carbocycles. The topological polar surface area (TPSA) is 65.7 Å². The van der Waals surface area contributed by atoms with E-state index in [-0.39, 0.29) is 6.03 Å². The molecule has 0 spiro atoms. The van der Waals surface area contributed by atoms with Gasteiger partial charge in [0.15, 0.2) is 5.82 Å². The Bertz CT molecular complexity index is 493. The van der Waals surface area contributed by atoms with Gasteiger partial charge in [-0.25, -0.2) is 9.78 Å². The van der Waals surface area contributed by atoms with E-state index < -0.39 is 0 Å². The average Bonchev–Trinajstić information content (AvgIpc) is 2.56. The summed E-state index contributed by atoms with van der Waals surface area (Å²) in [6.45, 7) is 4.89. The molecule has 0 aliphatic carbocycles. The van der Waals surface area contributed by atoms with Gasteiger partial charge in [0.1, 0.15) is 0 Å². The lowest BCUT2D eigenvalue weighted by molar-refractivity contribution is 0.141. The molecule has 0 radical (unpaired) electrons. The second kappa shape index (κ2) is 6.20. The van der Waals surface area contributed by atoms with E-state index in [9.17, 15) is 4.79 Å². The molecule has 2 saturated heterocycles. The summed E-state index contributed by atoms with van der Waals surface area (Å²) >= 11 is 0. The zero-order chi connectivity index (χ0) is 14.7. The van der Waals surface area contributed by atoms with Gasteiger partial charge in [-0.1, -0.05) is 0 Å². The van der Waals surface area contributed by atoms with Gasteiger partial charge in [-0.3, -0.25) is 0 Å². The monoisotopic (exact) mass is 289 g/mol. The van der Waals surface area contributed by atoms with Crippen LogP contribution >= 0.6 is 0 Å². The number of hydrogen-bond acceptors (Lipinski definition) is 4. The molecule has 2 amide bonds. The molecule has 0 unspecified atom stereocenters. The van der Waals surface area contributed by atoms with E-state index in [0.717, 1.165) is 57.9 Å². The maximum Gasteiger partial charge on any atom is 0.320 e. The van der Waals surface area contributed by atoms with E-state index in [1.165, 1.54) is 6.42 Å². The predicted molar refractivity (Wildman–Crippen MR) is 83.3 cm³/mol. The average molecular weight is 289 g/mol. The molecule has 6 nitrogen and oxygen atoms in total. The second-order valence-electron chi connectivity index (χ2n) is 5.72. The van der Waals surface area contributed by atoms with Crippen LogP contribution in [0.1, 0.15) is 19.3 Å². The summed E-state index contributed by atoms with van der Waals surface area (Å²) in [5, 5.41) is 0. The minimum atomic E-state index is 0.198. The maximum atomic E-state index is 12.5. The lowest BCUT2D eigenvalue weighted by atomic mass is 10.1. The Balaban J connectivity index is 1.57. The third kappa shape index (κ3) is 3.04. The Morgan fingerprint density at radius 3 is 2.33 bits per heavy atom. The van der Waals surface area contributed by atoms with Crippen molar-refractivity contribution in [2.75, 3.05) is 49.9 Å². The van der Waals surface area contributed by atoms with Crippen LogP contribution in [0.5, 0.6) is 0 Å². The maximum absolute atomic E-state index is 12.5. The van der Waals surface area contributed by atoms with Crippen molar-refractivity contribution in [1.29, 1.82) is 0 Å². The quantitative estimate of drug-likeness (QED) is 0.848. The van der Waals surface area contributed by atoms with Crippen LogP contribution in [0.25, 0.3) is 0 Å². The summed E-state index contributed by atoms with van der Waals surface area (Å²) in [6.07, 6.45) is 5.28. The van der Waals surface area contributed by atoms with Gasteiger partial charge in [0, 0.05) is 45.5 Å². The molecule has 0 atom stereocenters. The van der Waals surface area contributed by atoms with Crippen LogP contribution in [0.15, 0.2) is 18.3 Å². The SMILES string of the molecule is Nc1cccnc1N1CCN(C(=O)N2CCCCC2)CC1. The highest BCUT2D eigenvalue weighted by molar-refractivity contribution is 5.75. The normalized spacial score (nSPS) is 19.7. The van der Waals surface area contributed by atoms with E-state index in [1.807, 2.05) is 21.9 Å². The molecule has 3 heterocycles. The van der Waals surface area contributed by atoms with Crippen molar-refractivity contribution in [3.63, 3.8) is 0 Å². The van der Waals surface area contributed by atoms with Crippen molar-refractivity contribution in [3.05, 3.63) is 18.3 Å². The van der Waals surface area contributed by atoms with Crippen LogP contribution in [0.4, 0.5) is 16.3 Å². The first-order valence-corrected chi connectivity index (χ1v) is 7.75. The Kier molecular flexibility index (Phi) is 4.13. The van der Waals surface area contributed by atoms with Crippen molar-refractivity contribution >= 4 is 17.5 Å². The summed E-state index contributed by atoms with van der Waals surface area (Å²) in [7, 11) is 0. The van der Waals surface area contributed by atoms with E-state index in [4.69, 9.17) is 5.73 Å². The number of nitrogens with two attached hydrogens (primary N) is 1. The van der Waals surface area contributed by atoms with E-state index in [0.29, 0.717) is 5.69 Å². The van der Waals surface area contributed by atoms with Gasteiger partial charge in [0.25, 0.3) is 0 Å². The predicted octanol–water partition coefficient (Wildman–Crippen LogP) is 1.39. The summed E-state index contributed by atoms with van der Waals surface area (Å²) in [6, 6.07) is 3.91. The Morgan fingerprint density at radius 1 is 1.00 bits per heavy atom. The van der Waals surface area contributed by atoms with Crippen LogP contribution < -0.4 is 10.6 Å². The molecule has 21 heavy (non-hydrogen) atoms. The number of carbonyl (C=O) groups excluding carboxylic acids is 1. The summed E-state index contributed by atoms with van der Waals surface area (Å²) in [5.74, 6) is 0.836. The van der Waals surface area contributed by atoms with Gasteiger partial charge in [0.2, 0.25) is 0 Å². The number of rotatable bonds is 1. The first-order chi connectivity index (χ1) is 10.3. The number of nitrogen functional groups attached to an aromatic ring is 1. The molecular weight excluding hydrogens is 266 g/mol. The fraction of sp³-hybridized carbons (Fsp3) is 0.600. The zero-order valence-electron chi connectivity index (χ0n) is 12.4. The Morgan fingerprint density at radius 2 is 1.67 bits per heavy atom. The number of amides is 2. The number of nitrogens with zero attached hydrogens (tertiary/aromatic N) is 4. The Labute approximate surface area is 125 Å². The Hall–Kier alpha value is -1.98. The number of aromatic nitrogens is 1. The first-order valence-electron chi connectivity index (χ1n) is 7.75. The lowest BCUT2D eigenvalue weighted by Gasteiger charge is -2.39. The number of carbonyl (C=O) groups is 1. The summed E-state index contributed by atoms with van der Waals surface area (Å²) in [4.78, 5) is 22.9. The highest BCUT2D eigenvalue weighted by Gasteiger charge is 2.26. The second-order valence-corrected chi connectivity index (χ2v) is 5.72. The molecule has 3 rings (SSSR count). The molecule has 2 aliphatic rings. The van der Waals surface area contributed by atoms with Crippen LogP contribution in [0.2, 0.25) is 0 Å². The lowest BCUT2D eigenvalue weighted by Crippen LogP contribution is -2.54. The van der Waals surface area contributed by atoms with Crippen molar-refractivity contribution in [2.24, 2.45) is 0 Å². The van der Waals surface area contributed by atoms with Crippen molar-refractivity contribution in [1.82, 2.24) is 14.8 Å². The molecule has 0 saturated carbocycles. The molecular formula is C15H23N5O. The van der Waals surface area contributed by atoms with Gasteiger partial charge in [-0.05, 0) is 31.4 Å². The third-order valence-electron chi connectivity index (χ3n) is 4.29. The number of pyridine rings is 1. The number of hydrogen-bond donors (Lipinski definition) is 1. The number of urea groups is 1. The molecule has 2 fully saturated rings. The van der Waals surface area contributed by atoms with E-state index >= 15 is 0 Å². The van der Waals surface area contributed by atoms with Gasteiger partial charge in [-0.15, -0.1) is 0 Å². The molecule has 0 bridgehead atoms. The fourth-order valence-electron chi connectivity index (χ4n) is 3.07. The van der Waals surface area contributed by atoms with Crippen LogP contribution in [0, 0.1) is 0 Å². The van der Waals surface area contributed by atoms with Crippen LogP contribution in [-0.4, -0.2) is 60.1 Å². The molecule has 6 heteroatoms. The van der Waals surface area contributed by atoms with Gasteiger partial charge >= 0.3 is 6.03 Å². The fourth-order valence-corrected chi connectivity index (χ4v) is 3.07. The number of likely N-dealkylation sites (tertiary alicyclic amines) is 1. The molecule has 2 aliphatic heterocycles. The molecule has 1 aromatic rings.